The van der Waals surface area contributed by atoms with Gasteiger partial charge in [0.25, 0.3) is 11.8 Å². The SMILES string of the molecule is CC1=C(CCCCCN2CCN(C(=O)Nc3ccccc3C(F)(F)F)CC2)C(=O)N(c2ccc(C#N)c(C(F)(F)F)c2)C1=O. The third kappa shape index (κ3) is 7.21. The quantitative estimate of drug-likeness (QED) is 0.215. The summed E-state index contributed by atoms with van der Waals surface area (Å²) in [5.41, 5.74) is -2.90. The predicted octanol–water partition coefficient (Wildman–Crippen LogP) is 6.20. The molecule has 14 heteroatoms. The average Bonchev–Trinajstić information content (AvgIpc) is 3.18. The number of carbonyl (C=O) groups excluding carboxylic acids is 3. The Morgan fingerprint density at radius 1 is 0.886 bits per heavy atom. The third-order valence-corrected chi connectivity index (χ3v) is 7.66. The highest BCUT2D eigenvalue weighted by Gasteiger charge is 2.39. The van der Waals surface area contributed by atoms with Crippen molar-refractivity contribution in [1.29, 1.82) is 5.26 Å². The van der Waals surface area contributed by atoms with Crippen LogP contribution in [0.4, 0.5) is 42.5 Å². The molecule has 1 fully saturated rings. The Labute approximate surface area is 249 Å². The summed E-state index contributed by atoms with van der Waals surface area (Å²) < 4.78 is 79.9. The molecule has 0 aliphatic carbocycles. The first-order valence-electron chi connectivity index (χ1n) is 13.9. The number of para-hydroxylation sites is 1. The van der Waals surface area contributed by atoms with Crippen molar-refractivity contribution in [3.05, 3.63) is 70.3 Å². The molecule has 0 atom stereocenters. The van der Waals surface area contributed by atoms with Crippen LogP contribution in [-0.2, 0) is 21.9 Å². The molecule has 1 N–H and O–H groups in total. The molecule has 44 heavy (non-hydrogen) atoms. The Morgan fingerprint density at radius 2 is 1.55 bits per heavy atom. The number of alkyl halides is 6. The molecule has 0 saturated carbocycles. The maximum absolute atomic E-state index is 13.4. The van der Waals surface area contributed by atoms with Crippen molar-refractivity contribution in [2.75, 3.05) is 42.9 Å². The van der Waals surface area contributed by atoms with Crippen molar-refractivity contribution in [1.82, 2.24) is 9.80 Å². The zero-order valence-electron chi connectivity index (χ0n) is 23.7. The van der Waals surface area contributed by atoms with E-state index in [1.165, 1.54) is 36.1 Å². The second kappa shape index (κ2) is 13.1. The number of piperazine rings is 1. The van der Waals surface area contributed by atoms with Gasteiger partial charge >= 0.3 is 18.4 Å². The van der Waals surface area contributed by atoms with Crippen LogP contribution in [-0.4, -0.2) is 60.4 Å². The number of nitrogens with one attached hydrogen (secondary N) is 1. The van der Waals surface area contributed by atoms with Gasteiger partial charge in [0, 0.05) is 37.3 Å². The first-order chi connectivity index (χ1) is 20.7. The molecule has 0 bridgehead atoms. The van der Waals surface area contributed by atoms with E-state index in [9.17, 15) is 40.7 Å². The summed E-state index contributed by atoms with van der Waals surface area (Å²) in [6, 6.07) is 8.36. The van der Waals surface area contributed by atoms with Gasteiger partial charge in [0.2, 0.25) is 0 Å². The molecule has 4 amide bonds. The van der Waals surface area contributed by atoms with Crippen LogP contribution in [0.1, 0.15) is 49.3 Å². The van der Waals surface area contributed by atoms with E-state index >= 15 is 0 Å². The Kier molecular flexibility index (Phi) is 9.68. The summed E-state index contributed by atoms with van der Waals surface area (Å²) >= 11 is 0. The number of halogens is 6. The summed E-state index contributed by atoms with van der Waals surface area (Å²) in [7, 11) is 0. The number of hydrogen-bond donors (Lipinski definition) is 1. The number of rotatable bonds is 8. The summed E-state index contributed by atoms with van der Waals surface area (Å²) in [4.78, 5) is 42.7. The number of imide groups is 1. The Balaban J connectivity index is 1.23. The lowest BCUT2D eigenvalue weighted by molar-refractivity contribution is -0.138. The molecule has 1 saturated heterocycles. The molecule has 2 aromatic rings. The minimum atomic E-state index is -4.83. The standard InChI is InChI=1S/C30H29F6N5O3/c1-19-22(27(43)41(26(19)42)21-11-10-20(18-37)24(17-21)30(34,35)36)7-3-2-6-12-39-13-15-40(16-14-39)28(44)38-25-9-5-4-8-23(25)29(31,32)33/h4-5,8-11,17H,2-3,6-7,12-16H2,1H3,(H,38,44). The van der Waals surface area contributed by atoms with Crippen LogP contribution in [0.3, 0.4) is 0 Å². The topological polar surface area (TPSA) is 96.8 Å². The van der Waals surface area contributed by atoms with Crippen molar-refractivity contribution >= 4 is 29.2 Å². The summed E-state index contributed by atoms with van der Waals surface area (Å²) in [5.74, 6) is -1.38. The van der Waals surface area contributed by atoms with Crippen molar-refractivity contribution in [3.63, 3.8) is 0 Å². The number of urea groups is 1. The van der Waals surface area contributed by atoms with E-state index in [0.29, 0.717) is 56.5 Å². The van der Waals surface area contributed by atoms with Gasteiger partial charge in [-0.05, 0) is 63.1 Å². The molecule has 8 nitrogen and oxygen atoms in total. The van der Waals surface area contributed by atoms with E-state index in [4.69, 9.17) is 5.26 Å². The fourth-order valence-corrected chi connectivity index (χ4v) is 5.24. The number of amides is 4. The summed E-state index contributed by atoms with van der Waals surface area (Å²) in [6.45, 7) is 3.89. The zero-order chi connectivity index (χ0) is 32.2. The normalized spacial score (nSPS) is 16.5. The maximum atomic E-state index is 13.4. The van der Waals surface area contributed by atoms with E-state index in [1.54, 1.807) is 0 Å². The lowest BCUT2D eigenvalue weighted by Gasteiger charge is -2.34. The van der Waals surface area contributed by atoms with Gasteiger partial charge in [0.05, 0.1) is 34.1 Å². The number of unbranched alkanes of at least 4 members (excludes halogenated alkanes) is 2. The van der Waals surface area contributed by atoms with Crippen molar-refractivity contribution in [2.45, 2.75) is 45.0 Å². The van der Waals surface area contributed by atoms with E-state index in [1.807, 2.05) is 0 Å². The first kappa shape index (κ1) is 32.5. The van der Waals surface area contributed by atoms with E-state index in [2.05, 4.69) is 10.2 Å². The molecular formula is C30H29F6N5O3. The molecule has 2 heterocycles. The summed E-state index contributed by atoms with van der Waals surface area (Å²) in [5, 5.41) is 11.4. The van der Waals surface area contributed by atoms with E-state index in [-0.39, 0.29) is 28.9 Å². The fraction of sp³-hybridized carbons (Fsp3) is 0.400. The van der Waals surface area contributed by atoms with Gasteiger partial charge in [-0.3, -0.25) is 14.5 Å². The largest absolute Gasteiger partial charge is 0.418 e. The van der Waals surface area contributed by atoms with Crippen LogP contribution in [0, 0.1) is 11.3 Å². The van der Waals surface area contributed by atoms with Crippen LogP contribution in [0.25, 0.3) is 0 Å². The van der Waals surface area contributed by atoms with Gasteiger partial charge in [-0.1, -0.05) is 18.6 Å². The Hall–Kier alpha value is -4.38. The van der Waals surface area contributed by atoms with Crippen molar-refractivity contribution < 1.29 is 40.7 Å². The molecule has 2 aliphatic rings. The smallest absolute Gasteiger partial charge is 0.322 e. The maximum Gasteiger partial charge on any atom is 0.418 e. The van der Waals surface area contributed by atoms with Gasteiger partial charge < -0.3 is 10.2 Å². The molecule has 0 aromatic heterocycles. The Morgan fingerprint density at radius 3 is 2.18 bits per heavy atom. The first-order valence-corrected chi connectivity index (χ1v) is 13.9. The van der Waals surface area contributed by atoms with E-state index < -0.39 is 46.9 Å². The molecule has 0 radical (unpaired) electrons. The highest BCUT2D eigenvalue weighted by Crippen LogP contribution is 2.37. The highest BCUT2D eigenvalue weighted by molar-refractivity contribution is 6.32. The van der Waals surface area contributed by atoms with Crippen LogP contribution in [0.15, 0.2) is 53.6 Å². The number of carbonyl (C=O) groups is 3. The van der Waals surface area contributed by atoms with Gasteiger partial charge in [-0.25, -0.2) is 9.69 Å². The lowest BCUT2D eigenvalue weighted by Crippen LogP contribution is -2.50. The monoisotopic (exact) mass is 621 g/mol. The second-order valence-electron chi connectivity index (χ2n) is 10.5. The number of nitrogens with zero attached hydrogens (tertiary/aromatic N) is 4. The molecule has 234 valence electrons. The number of anilines is 2. The predicted molar refractivity (Wildman–Crippen MR) is 148 cm³/mol. The molecule has 4 rings (SSSR count). The zero-order valence-corrected chi connectivity index (χ0v) is 23.7. The minimum Gasteiger partial charge on any atom is -0.322 e. The molecular weight excluding hydrogens is 592 g/mol. The van der Waals surface area contributed by atoms with Crippen molar-refractivity contribution in [2.24, 2.45) is 0 Å². The number of benzene rings is 2. The van der Waals surface area contributed by atoms with Crippen molar-refractivity contribution in [3.8, 4) is 6.07 Å². The van der Waals surface area contributed by atoms with Gasteiger partial charge in [-0.15, -0.1) is 0 Å². The molecule has 0 unspecified atom stereocenters. The third-order valence-electron chi connectivity index (χ3n) is 7.66. The second-order valence-corrected chi connectivity index (χ2v) is 10.5. The van der Waals surface area contributed by atoms with Gasteiger partial charge in [0.15, 0.2) is 0 Å². The Bertz CT molecular complexity index is 1500. The van der Waals surface area contributed by atoms with Crippen LogP contribution >= 0.6 is 0 Å². The van der Waals surface area contributed by atoms with Crippen LogP contribution < -0.4 is 10.2 Å². The highest BCUT2D eigenvalue weighted by atomic mass is 19.4. The number of nitriles is 1. The molecule has 0 spiro atoms. The minimum absolute atomic E-state index is 0.167. The summed E-state index contributed by atoms with van der Waals surface area (Å²) in [6.07, 6.45) is -7.16. The molecule has 2 aliphatic heterocycles. The van der Waals surface area contributed by atoms with E-state index in [0.717, 1.165) is 24.6 Å². The number of hydrogen-bond acceptors (Lipinski definition) is 5. The molecule has 2 aromatic carbocycles. The van der Waals surface area contributed by atoms with Gasteiger partial charge in [0.1, 0.15) is 0 Å². The van der Waals surface area contributed by atoms with Crippen LogP contribution in [0.2, 0.25) is 0 Å². The average molecular weight is 622 g/mol. The lowest BCUT2D eigenvalue weighted by atomic mass is 10.0. The van der Waals surface area contributed by atoms with Gasteiger partial charge in [-0.2, -0.15) is 31.6 Å². The van der Waals surface area contributed by atoms with Crippen LogP contribution in [0.5, 0.6) is 0 Å². The fourth-order valence-electron chi connectivity index (χ4n) is 5.24.